The van der Waals surface area contributed by atoms with E-state index in [2.05, 4.69) is 10.0 Å². The molecule has 9 heteroatoms. The van der Waals surface area contributed by atoms with Gasteiger partial charge in [-0.1, -0.05) is 0 Å². The first kappa shape index (κ1) is 19.2. The van der Waals surface area contributed by atoms with Crippen LogP contribution in [0.15, 0.2) is 52.3 Å². The van der Waals surface area contributed by atoms with Crippen molar-refractivity contribution in [1.82, 2.24) is 4.90 Å². The molecule has 142 valence electrons. The van der Waals surface area contributed by atoms with Crippen molar-refractivity contribution in [1.29, 1.82) is 0 Å². The van der Waals surface area contributed by atoms with E-state index in [1.807, 2.05) is 0 Å². The highest BCUT2D eigenvalue weighted by molar-refractivity contribution is 8.13. The number of rotatable bonds is 4. The highest BCUT2D eigenvalue weighted by Gasteiger charge is 2.20. The van der Waals surface area contributed by atoms with E-state index in [0.717, 1.165) is 22.2 Å². The minimum atomic E-state index is -3.75. The molecule has 3 rings (SSSR count). The molecule has 0 saturated heterocycles. The summed E-state index contributed by atoms with van der Waals surface area (Å²) in [5.74, 6) is -0.0676. The van der Waals surface area contributed by atoms with Gasteiger partial charge in [0.25, 0.3) is 15.3 Å². The van der Waals surface area contributed by atoms with Gasteiger partial charge in [-0.3, -0.25) is 14.3 Å². The van der Waals surface area contributed by atoms with Crippen molar-refractivity contribution >= 4 is 44.3 Å². The fourth-order valence-electron chi connectivity index (χ4n) is 2.52. The monoisotopic (exact) mass is 405 g/mol. The summed E-state index contributed by atoms with van der Waals surface area (Å²) >= 11 is 1.07. The Bertz CT molecular complexity index is 986. The van der Waals surface area contributed by atoms with E-state index in [-0.39, 0.29) is 16.0 Å². The second-order valence-corrected chi connectivity index (χ2v) is 8.97. The van der Waals surface area contributed by atoms with Gasteiger partial charge in [0.1, 0.15) is 0 Å². The van der Waals surface area contributed by atoms with Gasteiger partial charge in [0.05, 0.1) is 4.90 Å². The van der Waals surface area contributed by atoms with E-state index in [4.69, 9.17) is 0 Å². The number of amides is 2. The number of hydrogen-bond acceptors (Lipinski definition) is 5. The highest BCUT2D eigenvalue weighted by atomic mass is 32.2. The second-order valence-electron chi connectivity index (χ2n) is 6.26. The van der Waals surface area contributed by atoms with Crippen molar-refractivity contribution in [3.05, 3.63) is 48.0 Å². The zero-order chi connectivity index (χ0) is 19.6. The van der Waals surface area contributed by atoms with Crippen LogP contribution in [0.2, 0.25) is 0 Å². The molecule has 0 spiro atoms. The molecule has 2 N–H and O–H groups in total. The van der Waals surface area contributed by atoms with Gasteiger partial charge in [-0.15, -0.1) is 0 Å². The molecule has 2 amide bonds. The summed E-state index contributed by atoms with van der Waals surface area (Å²) in [7, 11) is -0.417. The fourth-order valence-corrected chi connectivity index (χ4v) is 4.29. The molecule has 0 aromatic heterocycles. The Morgan fingerprint density at radius 1 is 1.11 bits per heavy atom. The van der Waals surface area contributed by atoms with Gasteiger partial charge >= 0.3 is 0 Å². The molecule has 1 heterocycles. The number of benzene rings is 2. The number of anilines is 2. The molecule has 1 aliphatic rings. The fraction of sp³-hybridized carbons (Fsp3) is 0.222. The van der Waals surface area contributed by atoms with Gasteiger partial charge in [-0.25, -0.2) is 8.42 Å². The maximum atomic E-state index is 12.6. The number of nitrogens with one attached hydrogen (secondary N) is 2. The van der Waals surface area contributed by atoms with Crippen LogP contribution in [0.3, 0.4) is 0 Å². The summed E-state index contributed by atoms with van der Waals surface area (Å²) in [5.41, 5.74) is 1.85. The van der Waals surface area contributed by atoms with Gasteiger partial charge in [0, 0.05) is 36.8 Å². The van der Waals surface area contributed by atoms with Gasteiger partial charge in [-0.05, 0) is 66.2 Å². The zero-order valence-electron chi connectivity index (χ0n) is 14.9. The van der Waals surface area contributed by atoms with Crippen molar-refractivity contribution in [2.45, 2.75) is 22.6 Å². The molecule has 7 nitrogen and oxygen atoms in total. The molecule has 0 unspecified atom stereocenters. The number of carbonyl (C=O) groups excluding carboxylic acids is 2. The Kier molecular flexibility index (Phi) is 5.43. The van der Waals surface area contributed by atoms with E-state index >= 15 is 0 Å². The average molecular weight is 406 g/mol. The summed E-state index contributed by atoms with van der Waals surface area (Å²) in [4.78, 5) is 25.4. The van der Waals surface area contributed by atoms with Gasteiger partial charge in [0.2, 0.25) is 5.91 Å². The molecule has 0 bridgehead atoms. The lowest BCUT2D eigenvalue weighted by Crippen LogP contribution is -2.20. The molecule has 2 aromatic carbocycles. The van der Waals surface area contributed by atoms with Crippen molar-refractivity contribution in [2.75, 3.05) is 24.1 Å². The molecule has 0 atom stereocenters. The third kappa shape index (κ3) is 4.61. The van der Waals surface area contributed by atoms with Crippen molar-refractivity contribution < 1.29 is 18.0 Å². The largest absolute Gasteiger partial charge is 0.339 e. The topological polar surface area (TPSA) is 95.6 Å². The standard InChI is InChI=1S/C18H19N3O4S2/c1-21(2)18(23)26-14-6-4-13(5-7-14)20-27(24,25)15-8-9-16-12(11-15)3-10-17(22)19-16/h4-9,11,20H,3,10H2,1-2H3,(H,19,22). The highest BCUT2D eigenvalue weighted by Crippen LogP contribution is 2.27. The van der Waals surface area contributed by atoms with Crippen molar-refractivity contribution in [3.63, 3.8) is 0 Å². The summed E-state index contributed by atoms with van der Waals surface area (Å²) in [6.45, 7) is 0. The molecule has 2 aromatic rings. The summed E-state index contributed by atoms with van der Waals surface area (Å²) in [5, 5.41) is 2.62. The lowest BCUT2D eigenvalue weighted by atomic mass is 10.0. The van der Waals surface area contributed by atoms with Crippen LogP contribution in [-0.2, 0) is 21.2 Å². The first-order valence-corrected chi connectivity index (χ1v) is 10.5. The average Bonchev–Trinajstić information content (AvgIpc) is 2.62. The van der Waals surface area contributed by atoms with Crippen molar-refractivity contribution in [3.8, 4) is 0 Å². The lowest BCUT2D eigenvalue weighted by molar-refractivity contribution is -0.116. The minimum absolute atomic E-state index is 0.0676. The number of thioether (sulfide) groups is 1. The maximum absolute atomic E-state index is 12.6. The number of sulfonamides is 1. The zero-order valence-corrected chi connectivity index (χ0v) is 16.5. The lowest BCUT2D eigenvalue weighted by Gasteiger charge is -2.18. The number of fused-ring (bicyclic) bond motifs is 1. The number of hydrogen-bond donors (Lipinski definition) is 2. The van der Waals surface area contributed by atoms with E-state index in [1.165, 1.54) is 11.0 Å². The van der Waals surface area contributed by atoms with Crippen LogP contribution in [-0.4, -0.2) is 38.6 Å². The van der Waals surface area contributed by atoms with E-state index in [0.29, 0.717) is 24.2 Å². The third-order valence-corrected chi connectivity index (χ3v) is 6.39. The van der Waals surface area contributed by atoms with E-state index in [1.54, 1.807) is 50.5 Å². The summed E-state index contributed by atoms with van der Waals surface area (Å²) in [6, 6.07) is 11.2. The van der Waals surface area contributed by atoms with Crippen molar-refractivity contribution in [2.24, 2.45) is 0 Å². The Morgan fingerprint density at radius 3 is 2.48 bits per heavy atom. The van der Waals surface area contributed by atoms with Crippen LogP contribution in [0.5, 0.6) is 0 Å². The Balaban J connectivity index is 1.75. The molecular formula is C18H19N3O4S2. The van der Waals surface area contributed by atoms with Gasteiger partial charge < -0.3 is 10.2 Å². The molecular weight excluding hydrogens is 386 g/mol. The Hall–Kier alpha value is -2.52. The Labute approximate surface area is 162 Å². The molecule has 0 fully saturated rings. The van der Waals surface area contributed by atoms with Crippen LogP contribution in [0.25, 0.3) is 0 Å². The van der Waals surface area contributed by atoms with Crippen LogP contribution in [0.1, 0.15) is 12.0 Å². The normalized spacial score (nSPS) is 13.5. The predicted octanol–water partition coefficient (Wildman–Crippen LogP) is 3.15. The van der Waals surface area contributed by atoms with Gasteiger partial charge in [0.15, 0.2) is 0 Å². The van der Waals surface area contributed by atoms with Gasteiger partial charge in [-0.2, -0.15) is 0 Å². The predicted molar refractivity (Wildman–Crippen MR) is 106 cm³/mol. The first-order chi connectivity index (χ1) is 12.7. The first-order valence-electron chi connectivity index (χ1n) is 8.19. The minimum Gasteiger partial charge on any atom is -0.339 e. The van der Waals surface area contributed by atoms with Crippen LogP contribution in [0.4, 0.5) is 16.2 Å². The van der Waals surface area contributed by atoms with Crippen LogP contribution < -0.4 is 10.0 Å². The van der Waals surface area contributed by atoms with E-state index in [9.17, 15) is 18.0 Å². The smallest absolute Gasteiger partial charge is 0.285 e. The molecule has 27 heavy (non-hydrogen) atoms. The summed E-state index contributed by atoms with van der Waals surface area (Å²) < 4.78 is 27.8. The van der Waals surface area contributed by atoms with Crippen LogP contribution >= 0.6 is 11.8 Å². The number of nitrogens with zero attached hydrogens (tertiary/aromatic N) is 1. The quantitative estimate of drug-likeness (QED) is 0.762. The molecule has 1 aliphatic heterocycles. The Morgan fingerprint density at radius 2 is 1.81 bits per heavy atom. The molecule has 0 aliphatic carbocycles. The molecule has 0 saturated carbocycles. The third-order valence-electron chi connectivity index (χ3n) is 3.96. The van der Waals surface area contributed by atoms with E-state index < -0.39 is 10.0 Å². The SMILES string of the molecule is CN(C)C(=O)Sc1ccc(NS(=O)(=O)c2ccc3c(c2)CCC(=O)N3)cc1. The second kappa shape index (κ2) is 7.61. The van der Waals surface area contributed by atoms with Crippen LogP contribution in [0, 0.1) is 0 Å². The maximum Gasteiger partial charge on any atom is 0.285 e. The molecule has 0 radical (unpaired) electrons. The number of aryl methyl sites for hydroxylation is 1. The number of carbonyl (C=O) groups is 2. The summed E-state index contributed by atoms with van der Waals surface area (Å²) in [6.07, 6.45) is 0.852.